The fraction of sp³-hybridized carbons (Fsp3) is 0.488. The van der Waals surface area contributed by atoms with Crippen LogP contribution >= 0.6 is 0 Å². The molecule has 0 unspecified atom stereocenters. The molecule has 9 nitrogen and oxygen atoms in total. The number of benzene rings is 3. The summed E-state index contributed by atoms with van der Waals surface area (Å²) in [4.78, 5) is 27.1. The lowest BCUT2D eigenvalue weighted by Crippen LogP contribution is -2.44. The van der Waals surface area contributed by atoms with Gasteiger partial charge in [0.05, 0.1) is 49.2 Å². The van der Waals surface area contributed by atoms with Gasteiger partial charge < -0.3 is 29.3 Å². The molecular formula is C41H53N5O4. The van der Waals surface area contributed by atoms with Crippen LogP contribution in [-0.4, -0.2) is 101 Å². The number of anilines is 1. The van der Waals surface area contributed by atoms with E-state index in [1.54, 1.807) is 0 Å². The summed E-state index contributed by atoms with van der Waals surface area (Å²) >= 11 is 0. The fourth-order valence-corrected chi connectivity index (χ4v) is 6.54. The van der Waals surface area contributed by atoms with Gasteiger partial charge in [-0.05, 0) is 103 Å². The summed E-state index contributed by atoms with van der Waals surface area (Å²) in [6.45, 7) is 13.3. The summed E-state index contributed by atoms with van der Waals surface area (Å²) in [5, 5.41) is 3.35. The quantitative estimate of drug-likeness (QED) is 0.151. The number of nitrogens with zero attached hydrogens (tertiary/aromatic N) is 4. The summed E-state index contributed by atoms with van der Waals surface area (Å²) in [6.07, 6.45) is 3.26. The molecule has 3 aromatic carbocycles. The average Bonchev–Trinajstić information content (AvgIpc) is 3.75. The van der Waals surface area contributed by atoms with Gasteiger partial charge in [-0.3, -0.25) is 14.8 Å². The molecule has 3 aliphatic rings. The maximum atomic E-state index is 12.3. The lowest BCUT2D eigenvalue weighted by Gasteiger charge is -2.34. The molecule has 0 atom stereocenters. The number of nitrogens with one attached hydrogen (secondary N) is 1. The van der Waals surface area contributed by atoms with E-state index in [9.17, 15) is 4.79 Å². The van der Waals surface area contributed by atoms with Gasteiger partial charge in [0.1, 0.15) is 11.5 Å². The van der Waals surface area contributed by atoms with Crippen molar-refractivity contribution in [1.29, 1.82) is 0 Å². The average molecular weight is 680 g/mol. The molecule has 50 heavy (non-hydrogen) atoms. The predicted octanol–water partition coefficient (Wildman–Crippen LogP) is 6.19. The van der Waals surface area contributed by atoms with Crippen molar-refractivity contribution in [2.75, 3.05) is 84.3 Å². The molecule has 0 aromatic heterocycles. The SMILES string of the molecule is CC(C)CNCCOCCOCCCC(=O)CCOc1ccc(C2=Nc3ccc(C4=Nc5ccc(N6CCN(C)CC6)cc5C4)cc3C2)cc1. The number of aliphatic imine (C=N–C) groups is 2. The minimum Gasteiger partial charge on any atom is -0.493 e. The van der Waals surface area contributed by atoms with Gasteiger partial charge in [-0.15, -0.1) is 0 Å². The van der Waals surface area contributed by atoms with E-state index in [1.807, 2.05) is 12.1 Å². The number of hydrogen-bond acceptors (Lipinski definition) is 9. The molecule has 1 N–H and O–H groups in total. The number of Topliss-reactive ketones (excluding diaryl/α,β-unsaturated/α-hetero) is 1. The highest BCUT2D eigenvalue weighted by Gasteiger charge is 2.22. The number of piperazine rings is 1. The zero-order valence-electron chi connectivity index (χ0n) is 30.1. The number of ketones is 1. The highest BCUT2D eigenvalue weighted by Crippen LogP contribution is 2.35. The number of rotatable bonds is 19. The van der Waals surface area contributed by atoms with Crippen molar-refractivity contribution in [3.05, 3.63) is 82.9 Å². The number of hydrogen-bond donors (Lipinski definition) is 1. The van der Waals surface area contributed by atoms with Crippen molar-refractivity contribution in [1.82, 2.24) is 10.2 Å². The minimum atomic E-state index is 0.193. The second-order valence-corrected chi connectivity index (χ2v) is 14.0. The Balaban J connectivity index is 0.881. The van der Waals surface area contributed by atoms with Crippen molar-refractivity contribution in [3.63, 3.8) is 0 Å². The Morgan fingerprint density at radius 1 is 0.760 bits per heavy atom. The van der Waals surface area contributed by atoms with Crippen LogP contribution in [0.25, 0.3) is 0 Å². The molecule has 3 aliphatic heterocycles. The van der Waals surface area contributed by atoms with Gasteiger partial charge in [0.15, 0.2) is 0 Å². The number of fused-ring (bicyclic) bond motifs is 2. The summed E-state index contributed by atoms with van der Waals surface area (Å²) in [6, 6.07) is 21.3. The van der Waals surface area contributed by atoms with Gasteiger partial charge in [0.25, 0.3) is 0 Å². The van der Waals surface area contributed by atoms with Crippen molar-refractivity contribution in [3.8, 4) is 5.75 Å². The third-order valence-electron chi connectivity index (χ3n) is 9.50. The van der Waals surface area contributed by atoms with Gasteiger partial charge in [0, 0.05) is 70.7 Å². The van der Waals surface area contributed by atoms with Crippen molar-refractivity contribution in [2.45, 2.75) is 46.0 Å². The monoisotopic (exact) mass is 679 g/mol. The van der Waals surface area contributed by atoms with Crippen molar-refractivity contribution >= 4 is 34.3 Å². The minimum absolute atomic E-state index is 0.193. The topological polar surface area (TPSA) is 88.0 Å². The van der Waals surface area contributed by atoms with E-state index in [0.717, 1.165) is 92.6 Å². The van der Waals surface area contributed by atoms with Crippen LogP contribution in [0.15, 0.2) is 70.6 Å². The molecule has 0 saturated carbocycles. The molecule has 0 spiro atoms. The van der Waals surface area contributed by atoms with E-state index in [4.69, 9.17) is 24.2 Å². The first-order chi connectivity index (χ1) is 24.4. The molecule has 0 radical (unpaired) electrons. The van der Waals surface area contributed by atoms with Gasteiger partial charge >= 0.3 is 0 Å². The second-order valence-electron chi connectivity index (χ2n) is 14.0. The van der Waals surface area contributed by atoms with E-state index in [0.29, 0.717) is 51.8 Å². The largest absolute Gasteiger partial charge is 0.493 e. The van der Waals surface area contributed by atoms with E-state index in [-0.39, 0.29) is 5.78 Å². The normalized spacial score (nSPS) is 15.6. The fourth-order valence-electron chi connectivity index (χ4n) is 6.54. The third-order valence-corrected chi connectivity index (χ3v) is 9.50. The Labute approximate surface area is 297 Å². The van der Waals surface area contributed by atoms with E-state index < -0.39 is 0 Å². The standard InChI is InChI=1S/C41H53N5O4/c1-30(2)29-42-15-22-49-24-23-48-20-4-5-36(47)14-21-50-37-10-6-31(7-11-37)40-27-33-25-32(8-12-38(33)43-40)41-28-34-26-35(9-13-39(34)44-41)46-18-16-45(3)17-19-46/h6-13,25-26,30,42H,4-5,14-24,27-29H2,1-3H3. The van der Waals surface area contributed by atoms with Crippen LogP contribution in [0.2, 0.25) is 0 Å². The summed E-state index contributed by atoms with van der Waals surface area (Å²) in [5.41, 5.74) is 10.4. The molecule has 0 bridgehead atoms. The lowest BCUT2D eigenvalue weighted by molar-refractivity contribution is -0.119. The van der Waals surface area contributed by atoms with Crippen LogP contribution in [0, 0.1) is 5.92 Å². The van der Waals surface area contributed by atoms with Gasteiger partial charge in [-0.2, -0.15) is 0 Å². The van der Waals surface area contributed by atoms with Crippen LogP contribution in [0.4, 0.5) is 17.1 Å². The molecule has 0 aliphatic carbocycles. The van der Waals surface area contributed by atoms with E-state index >= 15 is 0 Å². The van der Waals surface area contributed by atoms with Crippen LogP contribution < -0.4 is 15.0 Å². The van der Waals surface area contributed by atoms with Crippen molar-refractivity contribution in [2.24, 2.45) is 15.9 Å². The Kier molecular flexibility index (Phi) is 12.8. The Morgan fingerprint density at radius 3 is 2.16 bits per heavy atom. The van der Waals surface area contributed by atoms with Gasteiger partial charge in [-0.1, -0.05) is 19.9 Å². The number of carbonyl (C=O) groups excluding carboxylic acids is 1. The zero-order valence-corrected chi connectivity index (χ0v) is 30.1. The van der Waals surface area contributed by atoms with E-state index in [2.05, 4.69) is 84.5 Å². The molecule has 6 rings (SSSR count). The maximum Gasteiger partial charge on any atom is 0.136 e. The third kappa shape index (κ3) is 10.1. The highest BCUT2D eigenvalue weighted by atomic mass is 16.5. The summed E-state index contributed by atoms with van der Waals surface area (Å²) in [7, 11) is 2.19. The van der Waals surface area contributed by atoms with Gasteiger partial charge in [0.2, 0.25) is 0 Å². The molecule has 1 fully saturated rings. The predicted molar refractivity (Wildman–Crippen MR) is 203 cm³/mol. The molecule has 3 heterocycles. The molecular weight excluding hydrogens is 626 g/mol. The van der Waals surface area contributed by atoms with Crippen LogP contribution in [-0.2, 0) is 27.1 Å². The first-order valence-electron chi connectivity index (χ1n) is 18.4. The Morgan fingerprint density at radius 2 is 1.42 bits per heavy atom. The van der Waals surface area contributed by atoms with Crippen LogP contribution in [0.5, 0.6) is 5.75 Å². The first-order valence-corrected chi connectivity index (χ1v) is 18.4. The number of carbonyl (C=O) groups is 1. The molecule has 266 valence electrons. The zero-order chi connectivity index (χ0) is 34.7. The summed E-state index contributed by atoms with van der Waals surface area (Å²) < 4.78 is 17.0. The highest BCUT2D eigenvalue weighted by molar-refractivity contribution is 6.09. The molecule has 1 saturated heterocycles. The number of ether oxygens (including phenoxy) is 3. The van der Waals surface area contributed by atoms with Crippen LogP contribution in [0.1, 0.15) is 55.4 Å². The number of likely N-dealkylation sites (N-methyl/N-ethyl adjacent to an activating group) is 1. The maximum absolute atomic E-state index is 12.3. The Hall–Kier alpha value is -3.89. The van der Waals surface area contributed by atoms with Crippen LogP contribution in [0.3, 0.4) is 0 Å². The summed E-state index contributed by atoms with van der Waals surface area (Å²) in [5.74, 6) is 1.60. The van der Waals surface area contributed by atoms with Gasteiger partial charge in [-0.25, -0.2) is 0 Å². The lowest BCUT2D eigenvalue weighted by atomic mass is 9.99. The smallest absolute Gasteiger partial charge is 0.136 e. The molecule has 0 amide bonds. The second kappa shape index (κ2) is 17.9. The first kappa shape index (κ1) is 35.9. The van der Waals surface area contributed by atoms with Crippen molar-refractivity contribution < 1.29 is 19.0 Å². The van der Waals surface area contributed by atoms with E-state index in [1.165, 1.54) is 22.4 Å². The molecule has 9 heteroatoms. The Bertz CT molecular complexity index is 1640. The molecule has 3 aromatic rings.